The molecule has 0 aliphatic carbocycles. The third-order valence-corrected chi connectivity index (χ3v) is 3.16. The van der Waals surface area contributed by atoms with Crippen LogP contribution in [0.4, 0.5) is 8.78 Å². The van der Waals surface area contributed by atoms with Gasteiger partial charge < -0.3 is 5.32 Å². The van der Waals surface area contributed by atoms with Crippen molar-refractivity contribution in [3.8, 4) is 0 Å². The molecule has 100 valence electrons. The second kappa shape index (κ2) is 5.89. The lowest BCUT2D eigenvalue weighted by Crippen LogP contribution is -2.20. The summed E-state index contributed by atoms with van der Waals surface area (Å²) in [5.74, 6) is -1.03. The molecule has 0 bridgehead atoms. The summed E-state index contributed by atoms with van der Waals surface area (Å²) >= 11 is 0. The zero-order chi connectivity index (χ0) is 13.8. The van der Waals surface area contributed by atoms with Crippen LogP contribution in [0.15, 0.2) is 36.5 Å². The van der Waals surface area contributed by atoms with E-state index in [-0.39, 0.29) is 18.0 Å². The van der Waals surface area contributed by atoms with Gasteiger partial charge in [-0.3, -0.25) is 4.98 Å². The van der Waals surface area contributed by atoms with Gasteiger partial charge in [0, 0.05) is 23.5 Å². The Kier molecular flexibility index (Phi) is 4.22. The van der Waals surface area contributed by atoms with Crippen LogP contribution in [0.1, 0.15) is 22.9 Å². The third kappa shape index (κ3) is 3.15. The molecule has 0 amide bonds. The summed E-state index contributed by atoms with van der Waals surface area (Å²) in [7, 11) is 1.77. The Hall–Kier alpha value is -1.81. The summed E-state index contributed by atoms with van der Waals surface area (Å²) in [5, 5.41) is 3.07. The number of aryl methyl sites for hydroxylation is 1. The standard InChI is InChI=1S/C15H16F2N2/c1-10-6-7-11(9-19-10)15(18-2)8-12-13(16)4-3-5-14(12)17/h3-7,9,15,18H,8H2,1-2H3. The van der Waals surface area contributed by atoms with Gasteiger partial charge in [-0.05, 0) is 44.2 Å². The van der Waals surface area contributed by atoms with E-state index in [9.17, 15) is 8.78 Å². The van der Waals surface area contributed by atoms with Crippen LogP contribution in [-0.4, -0.2) is 12.0 Å². The van der Waals surface area contributed by atoms with E-state index < -0.39 is 11.6 Å². The molecule has 1 heterocycles. The lowest BCUT2D eigenvalue weighted by atomic mass is 9.99. The van der Waals surface area contributed by atoms with Gasteiger partial charge in [0.25, 0.3) is 0 Å². The van der Waals surface area contributed by atoms with E-state index in [1.165, 1.54) is 18.2 Å². The number of hydrogen-bond acceptors (Lipinski definition) is 2. The Bertz CT molecular complexity index is 532. The number of hydrogen-bond donors (Lipinski definition) is 1. The first kappa shape index (κ1) is 13.6. The first-order chi connectivity index (χ1) is 9.11. The van der Waals surface area contributed by atoms with Crippen molar-refractivity contribution in [3.63, 3.8) is 0 Å². The van der Waals surface area contributed by atoms with E-state index in [4.69, 9.17) is 0 Å². The maximum Gasteiger partial charge on any atom is 0.129 e. The number of halogens is 2. The predicted octanol–water partition coefficient (Wildman–Crippen LogP) is 3.17. The summed E-state index contributed by atoms with van der Waals surface area (Å²) in [4.78, 5) is 4.21. The topological polar surface area (TPSA) is 24.9 Å². The molecule has 2 rings (SSSR count). The van der Waals surface area contributed by atoms with E-state index in [2.05, 4.69) is 10.3 Å². The maximum atomic E-state index is 13.6. The highest BCUT2D eigenvalue weighted by atomic mass is 19.1. The number of likely N-dealkylation sites (N-methyl/N-ethyl adjacent to an activating group) is 1. The Labute approximate surface area is 111 Å². The van der Waals surface area contributed by atoms with E-state index in [0.29, 0.717) is 0 Å². The largest absolute Gasteiger partial charge is 0.313 e. The van der Waals surface area contributed by atoms with Gasteiger partial charge in [-0.15, -0.1) is 0 Å². The fourth-order valence-corrected chi connectivity index (χ4v) is 2.00. The molecule has 0 aliphatic rings. The quantitative estimate of drug-likeness (QED) is 0.915. The van der Waals surface area contributed by atoms with Crippen LogP contribution in [0, 0.1) is 18.6 Å². The highest BCUT2D eigenvalue weighted by Gasteiger charge is 2.16. The minimum atomic E-state index is -0.514. The van der Waals surface area contributed by atoms with Crippen LogP contribution in [-0.2, 0) is 6.42 Å². The molecule has 0 fully saturated rings. The predicted molar refractivity (Wildman–Crippen MR) is 70.8 cm³/mol. The van der Waals surface area contributed by atoms with Crippen LogP contribution in [0.25, 0.3) is 0 Å². The van der Waals surface area contributed by atoms with Gasteiger partial charge in [0.05, 0.1) is 0 Å². The lowest BCUT2D eigenvalue weighted by molar-refractivity contribution is 0.514. The fourth-order valence-electron chi connectivity index (χ4n) is 2.00. The molecule has 1 unspecified atom stereocenters. The zero-order valence-electron chi connectivity index (χ0n) is 11.0. The van der Waals surface area contributed by atoms with Gasteiger partial charge >= 0.3 is 0 Å². The van der Waals surface area contributed by atoms with Crippen molar-refractivity contribution >= 4 is 0 Å². The molecule has 0 spiro atoms. The molecule has 1 atom stereocenters. The van der Waals surface area contributed by atoms with Gasteiger partial charge in [0.1, 0.15) is 11.6 Å². The van der Waals surface area contributed by atoms with Gasteiger partial charge in [0.15, 0.2) is 0 Å². The molecule has 2 aromatic rings. The Balaban J connectivity index is 2.26. The first-order valence-corrected chi connectivity index (χ1v) is 6.14. The van der Waals surface area contributed by atoms with Crippen molar-refractivity contribution in [1.29, 1.82) is 0 Å². The van der Waals surface area contributed by atoms with Crippen molar-refractivity contribution in [2.24, 2.45) is 0 Å². The van der Waals surface area contributed by atoms with E-state index in [1.54, 1.807) is 13.2 Å². The normalized spacial score (nSPS) is 12.4. The van der Waals surface area contributed by atoms with Crippen LogP contribution >= 0.6 is 0 Å². The average molecular weight is 262 g/mol. The molecule has 0 saturated heterocycles. The minimum Gasteiger partial charge on any atom is -0.313 e. The Morgan fingerprint density at radius 3 is 2.37 bits per heavy atom. The van der Waals surface area contributed by atoms with E-state index >= 15 is 0 Å². The van der Waals surface area contributed by atoms with E-state index in [0.717, 1.165) is 11.3 Å². The van der Waals surface area contributed by atoms with Crippen molar-refractivity contribution in [1.82, 2.24) is 10.3 Å². The molecule has 0 radical (unpaired) electrons. The summed E-state index contributed by atoms with van der Waals surface area (Å²) in [5.41, 5.74) is 1.92. The molecule has 1 aromatic carbocycles. The van der Waals surface area contributed by atoms with Crippen LogP contribution in [0.3, 0.4) is 0 Å². The van der Waals surface area contributed by atoms with Gasteiger partial charge in [-0.2, -0.15) is 0 Å². The highest BCUT2D eigenvalue weighted by Crippen LogP contribution is 2.21. The minimum absolute atomic E-state index is 0.0995. The molecule has 1 N–H and O–H groups in total. The fraction of sp³-hybridized carbons (Fsp3) is 0.267. The van der Waals surface area contributed by atoms with Gasteiger partial charge in [-0.1, -0.05) is 12.1 Å². The maximum absolute atomic E-state index is 13.6. The zero-order valence-corrected chi connectivity index (χ0v) is 11.0. The number of rotatable bonds is 4. The second-order valence-corrected chi connectivity index (χ2v) is 4.48. The summed E-state index contributed by atoms with van der Waals surface area (Å²) in [6.07, 6.45) is 1.98. The molecular formula is C15H16F2N2. The molecule has 4 heteroatoms. The second-order valence-electron chi connectivity index (χ2n) is 4.48. The highest BCUT2D eigenvalue weighted by molar-refractivity contribution is 5.25. The number of nitrogens with zero attached hydrogens (tertiary/aromatic N) is 1. The van der Waals surface area contributed by atoms with Gasteiger partial charge in [-0.25, -0.2) is 8.78 Å². The summed E-state index contributed by atoms with van der Waals surface area (Å²) < 4.78 is 27.3. The van der Waals surface area contributed by atoms with Crippen LogP contribution < -0.4 is 5.32 Å². The molecule has 2 nitrogen and oxygen atoms in total. The Morgan fingerprint density at radius 1 is 1.16 bits per heavy atom. The summed E-state index contributed by atoms with van der Waals surface area (Å²) in [6, 6.07) is 7.56. The smallest absolute Gasteiger partial charge is 0.129 e. The average Bonchev–Trinajstić information content (AvgIpc) is 2.40. The van der Waals surface area contributed by atoms with E-state index in [1.807, 2.05) is 19.1 Å². The molecule has 0 saturated carbocycles. The molecular weight excluding hydrogens is 246 g/mol. The van der Waals surface area contributed by atoms with Crippen molar-refractivity contribution in [3.05, 3.63) is 65.0 Å². The van der Waals surface area contributed by atoms with Gasteiger partial charge in [0.2, 0.25) is 0 Å². The molecule has 1 aromatic heterocycles. The number of aromatic nitrogens is 1. The van der Waals surface area contributed by atoms with Crippen molar-refractivity contribution in [2.75, 3.05) is 7.05 Å². The third-order valence-electron chi connectivity index (χ3n) is 3.16. The number of nitrogens with one attached hydrogen (secondary N) is 1. The molecule has 19 heavy (non-hydrogen) atoms. The lowest BCUT2D eigenvalue weighted by Gasteiger charge is -2.17. The number of benzene rings is 1. The van der Waals surface area contributed by atoms with Crippen LogP contribution in [0.5, 0.6) is 0 Å². The van der Waals surface area contributed by atoms with Crippen molar-refractivity contribution < 1.29 is 8.78 Å². The SMILES string of the molecule is CNC(Cc1c(F)cccc1F)c1ccc(C)nc1. The Morgan fingerprint density at radius 2 is 1.84 bits per heavy atom. The summed E-state index contributed by atoms with van der Waals surface area (Å²) in [6.45, 7) is 1.90. The first-order valence-electron chi connectivity index (χ1n) is 6.14. The monoisotopic (exact) mass is 262 g/mol. The molecule has 0 aliphatic heterocycles. The number of pyridine rings is 1. The van der Waals surface area contributed by atoms with Crippen LogP contribution in [0.2, 0.25) is 0 Å². The van der Waals surface area contributed by atoms with Crippen molar-refractivity contribution in [2.45, 2.75) is 19.4 Å².